The smallest absolute Gasteiger partial charge is 0.193 e. The number of guanidine groups is 1. The van der Waals surface area contributed by atoms with Crippen molar-refractivity contribution in [1.82, 2.24) is 15.1 Å². The number of benzene rings is 1. The van der Waals surface area contributed by atoms with Gasteiger partial charge in [0.2, 0.25) is 0 Å². The topological polar surface area (TPSA) is 49.3 Å². The van der Waals surface area contributed by atoms with Gasteiger partial charge in [0.1, 0.15) is 0 Å². The minimum atomic E-state index is 0. The Labute approximate surface area is 173 Å². The summed E-state index contributed by atoms with van der Waals surface area (Å²) in [5.74, 6) is 3.31. The van der Waals surface area contributed by atoms with Crippen LogP contribution in [0, 0.1) is 5.92 Å². The SMILES string of the molecule is CN=C(NCC1CCN(C)C1)N1CCc2cc(OC)c(OC)cc2C1.I. The van der Waals surface area contributed by atoms with Crippen LogP contribution in [0.25, 0.3) is 0 Å². The van der Waals surface area contributed by atoms with E-state index in [0.717, 1.165) is 43.5 Å². The average Bonchev–Trinajstić information content (AvgIpc) is 3.06. The third kappa shape index (κ3) is 4.73. The third-order valence-electron chi connectivity index (χ3n) is 5.27. The summed E-state index contributed by atoms with van der Waals surface area (Å²) >= 11 is 0. The number of ether oxygens (including phenoxy) is 2. The van der Waals surface area contributed by atoms with E-state index in [1.165, 1.54) is 30.6 Å². The largest absolute Gasteiger partial charge is 0.493 e. The molecule has 1 saturated heterocycles. The molecule has 146 valence electrons. The zero-order chi connectivity index (χ0) is 17.8. The number of methoxy groups -OCH3 is 2. The Hall–Kier alpha value is -1.22. The molecule has 1 aromatic rings. The Morgan fingerprint density at radius 1 is 1.19 bits per heavy atom. The quantitative estimate of drug-likeness (QED) is 0.412. The molecule has 0 radical (unpaired) electrons. The lowest BCUT2D eigenvalue weighted by Gasteiger charge is -2.32. The molecule has 2 aliphatic heterocycles. The fourth-order valence-electron chi connectivity index (χ4n) is 3.82. The molecule has 0 bridgehead atoms. The average molecular weight is 474 g/mol. The van der Waals surface area contributed by atoms with Crippen LogP contribution in [0.15, 0.2) is 17.1 Å². The molecule has 3 rings (SSSR count). The lowest BCUT2D eigenvalue weighted by atomic mass is 9.99. The summed E-state index contributed by atoms with van der Waals surface area (Å²) in [6, 6.07) is 4.20. The monoisotopic (exact) mass is 474 g/mol. The van der Waals surface area contributed by atoms with Crippen LogP contribution in [0.4, 0.5) is 0 Å². The molecular formula is C19H31IN4O2. The van der Waals surface area contributed by atoms with E-state index in [0.29, 0.717) is 5.92 Å². The van der Waals surface area contributed by atoms with E-state index in [2.05, 4.69) is 39.3 Å². The molecule has 0 amide bonds. The highest BCUT2D eigenvalue weighted by Crippen LogP contribution is 2.33. The summed E-state index contributed by atoms with van der Waals surface area (Å²) in [5.41, 5.74) is 2.62. The van der Waals surface area contributed by atoms with Crippen molar-refractivity contribution in [2.45, 2.75) is 19.4 Å². The van der Waals surface area contributed by atoms with Crippen molar-refractivity contribution < 1.29 is 9.47 Å². The fourth-order valence-corrected chi connectivity index (χ4v) is 3.82. The van der Waals surface area contributed by atoms with Crippen LogP contribution < -0.4 is 14.8 Å². The Morgan fingerprint density at radius 3 is 2.46 bits per heavy atom. The van der Waals surface area contributed by atoms with Gasteiger partial charge in [0.05, 0.1) is 14.2 Å². The molecule has 1 N–H and O–H groups in total. The van der Waals surface area contributed by atoms with Crippen LogP contribution >= 0.6 is 24.0 Å². The Bertz CT molecular complexity index is 638. The van der Waals surface area contributed by atoms with Crippen LogP contribution in [-0.4, -0.2) is 70.3 Å². The predicted octanol–water partition coefficient (Wildman–Crippen LogP) is 2.21. The summed E-state index contributed by atoms with van der Waals surface area (Å²) < 4.78 is 10.9. The molecular weight excluding hydrogens is 443 g/mol. The first-order chi connectivity index (χ1) is 12.1. The van der Waals surface area contributed by atoms with E-state index in [9.17, 15) is 0 Å². The summed E-state index contributed by atoms with van der Waals surface area (Å²) in [7, 11) is 7.43. The number of aliphatic imine (C=N–C) groups is 1. The van der Waals surface area contributed by atoms with Crippen molar-refractivity contribution in [2.75, 3.05) is 54.5 Å². The third-order valence-corrected chi connectivity index (χ3v) is 5.27. The second kappa shape index (κ2) is 9.64. The Balaban J connectivity index is 0.00000243. The van der Waals surface area contributed by atoms with Crippen LogP contribution in [0.3, 0.4) is 0 Å². The number of likely N-dealkylation sites (tertiary alicyclic amines) is 1. The molecule has 6 nitrogen and oxygen atoms in total. The zero-order valence-electron chi connectivity index (χ0n) is 16.2. The highest BCUT2D eigenvalue weighted by atomic mass is 127. The second-order valence-electron chi connectivity index (χ2n) is 6.99. The maximum absolute atomic E-state index is 5.46. The van der Waals surface area contributed by atoms with Crippen molar-refractivity contribution in [1.29, 1.82) is 0 Å². The van der Waals surface area contributed by atoms with Gasteiger partial charge in [-0.05, 0) is 55.6 Å². The number of rotatable bonds is 4. The molecule has 1 fully saturated rings. The number of fused-ring (bicyclic) bond motifs is 1. The molecule has 1 atom stereocenters. The van der Waals surface area contributed by atoms with E-state index < -0.39 is 0 Å². The van der Waals surface area contributed by atoms with Crippen LogP contribution in [-0.2, 0) is 13.0 Å². The number of halogens is 1. The number of nitrogens with one attached hydrogen (secondary N) is 1. The number of hydrogen-bond acceptors (Lipinski definition) is 4. The highest BCUT2D eigenvalue weighted by molar-refractivity contribution is 14.0. The van der Waals surface area contributed by atoms with Gasteiger partial charge in [-0.3, -0.25) is 4.99 Å². The molecule has 0 saturated carbocycles. The van der Waals surface area contributed by atoms with E-state index in [-0.39, 0.29) is 24.0 Å². The summed E-state index contributed by atoms with van der Waals surface area (Å²) in [4.78, 5) is 9.22. The summed E-state index contributed by atoms with van der Waals surface area (Å²) in [6.07, 6.45) is 2.25. The molecule has 1 aromatic carbocycles. The molecule has 0 spiro atoms. The minimum absolute atomic E-state index is 0. The van der Waals surface area contributed by atoms with E-state index in [4.69, 9.17) is 9.47 Å². The summed E-state index contributed by atoms with van der Waals surface area (Å²) in [5, 5.41) is 3.58. The number of hydrogen-bond donors (Lipinski definition) is 1. The van der Waals surface area contributed by atoms with Crippen LogP contribution in [0.5, 0.6) is 11.5 Å². The maximum atomic E-state index is 5.46. The van der Waals surface area contributed by atoms with Crippen molar-refractivity contribution in [3.8, 4) is 11.5 Å². The van der Waals surface area contributed by atoms with Crippen molar-refractivity contribution in [3.63, 3.8) is 0 Å². The lowest BCUT2D eigenvalue weighted by molar-refractivity contribution is 0.344. The first-order valence-corrected chi connectivity index (χ1v) is 9.02. The van der Waals surface area contributed by atoms with E-state index in [1.54, 1.807) is 14.2 Å². The first-order valence-electron chi connectivity index (χ1n) is 9.02. The van der Waals surface area contributed by atoms with Crippen LogP contribution in [0.2, 0.25) is 0 Å². The van der Waals surface area contributed by atoms with Crippen molar-refractivity contribution in [2.24, 2.45) is 10.9 Å². The Morgan fingerprint density at radius 2 is 1.88 bits per heavy atom. The maximum Gasteiger partial charge on any atom is 0.193 e. The van der Waals surface area contributed by atoms with E-state index >= 15 is 0 Å². The van der Waals surface area contributed by atoms with Crippen molar-refractivity contribution >= 4 is 29.9 Å². The molecule has 2 aliphatic rings. The standard InChI is InChI=1S/C19H30N4O2.HI/c1-20-19(21-11-14-5-7-22(2)12-14)23-8-6-15-9-17(24-3)18(25-4)10-16(15)13-23;/h9-10,14H,5-8,11-13H2,1-4H3,(H,20,21);1H. The molecule has 26 heavy (non-hydrogen) atoms. The van der Waals surface area contributed by atoms with E-state index in [1.807, 2.05) is 7.05 Å². The molecule has 1 unspecified atom stereocenters. The second-order valence-corrected chi connectivity index (χ2v) is 6.99. The first kappa shape index (κ1) is 21.1. The van der Waals surface area contributed by atoms with Gasteiger partial charge in [-0.25, -0.2) is 0 Å². The Kier molecular flexibility index (Phi) is 7.82. The van der Waals surface area contributed by atoms with Gasteiger partial charge in [0, 0.05) is 33.2 Å². The zero-order valence-corrected chi connectivity index (χ0v) is 18.6. The fraction of sp³-hybridized carbons (Fsp3) is 0.632. The van der Waals surface area contributed by atoms with Gasteiger partial charge in [-0.2, -0.15) is 0 Å². The van der Waals surface area contributed by atoms with Gasteiger partial charge in [0.15, 0.2) is 17.5 Å². The van der Waals surface area contributed by atoms with Gasteiger partial charge in [-0.1, -0.05) is 0 Å². The minimum Gasteiger partial charge on any atom is -0.493 e. The highest BCUT2D eigenvalue weighted by Gasteiger charge is 2.23. The summed E-state index contributed by atoms with van der Waals surface area (Å²) in [6.45, 7) is 5.17. The molecule has 7 heteroatoms. The van der Waals surface area contributed by atoms with Gasteiger partial charge < -0.3 is 24.6 Å². The van der Waals surface area contributed by atoms with Gasteiger partial charge >= 0.3 is 0 Å². The number of nitrogens with zero attached hydrogens (tertiary/aromatic N) is 3. The van der Waals surface area contributed by atoms with Crippen LogP contribution in [0.1, 0.15) is 17.5 Å². The van der Waals surface area contributed by atoms with Gasteiger partial charge in [0.25, 0.3) is 0 Å². The van der Waals surface area contributed by atoms with Gasteiger partial charge in [-0.15, -0.1) is 24.0 Å². The van der Waals surface area contributed by atoms with Crippen molar-refractivity contribution in [3.05, 3.63) is 23.3 Å². The normalized spacial score (nSPS) is 20.4. The molecule has 0 aliphatic carbocycles. The molecule has 2 heterocycles. The lowest BCUT2D eigenvalue weighted by Crippen LogP contribution is -2.45. The predicted molar refractivity (Wildman–Crippen MR) is 116 cm³/mol. The molecule has 0 aromatic heterocycles.